The Morgan fingerprint density at radius 1 is 1.07 bits per heavy atom. The predicted octanol–water partition coefficient (Wildman–Crippen LogP) is 2.74. The lowest BCUT2D eigenvalue weighted by atomic mass is 9.96. The molecule has 4 rings (SSSR count). The van der Waals surface area contributed by atoms with Crippen LogP contribution in [-0.2, 0) is 19.8 Å². The van der Waals surface area contributed by atoms with Crippen molar-refractivity contribution in [3.63, 3.8) is 0 Å². The van der Waals surface area contributed by atoms with E-state index in [4.69, 9.17) is 0 Å². The van der Waals surface area contributed by atoms with Crippen LogP contribution in [0.2, 0.25) is 0 Å². The molecule has 0 radical (unpaired) electrons. The summed E-state index contributed by atoms with van der Waals surface area (Å²) in [6.07, 6.45) is 3.10. The van der Waals surface area contributed by atoms with Crippen LogP contribution in [0.3, 0.4) is 0 Å². The van der Waals surface area contributed by atoms with Gasteiger partial charge in [-0.2, -0.15) is 0 Å². The SMILES string of the molecule is O=C(NCC1(c2ccc(F)cc2)CC1)C(=O)Nc1cccc(N2CCCC2=O)c1. The van der Waals surface area contributed by atoms with Crippen LogP contribution in [0, 0.1) is 5.82 Å². The summed E-state index contributed by atoms with van der Waals surface area (Å²) in [4.78, 5) is 38.1. The van der Waals surface area contributed by atoms with Crippen molar-refractivity contribution in [3.8, 4) is 0 Å². The topological polar surface area (TPSA) is 78.5 Å². The summed E-state index contributed by atoms with van der Waals surface area (Å²) in [7, 11) is 0. The molecule has 150 valence electrons. The Labute approximate surface area is 168 Å². The van der Waals surface area contributed by atoms with Gasteiger partial charge in [0.1, 0.15) is 5.82 Å². The summed E-state index contributed by atoms with van der Waals surface area (Å²) in [5.41, 5.74) is 1.91. The van der Waals surface area contributed by atoms with E-state index in [1.165, 1.54) is 12.1 Å². The zero-order valence-corrected chi connectivity index (χ0v) is 15.9. The van der Waals surface area contributed by atoms with Gasteiger partial charge in [-0.05, 0) is 55.2 Å². The smallest absolute Gasteiger partial charge is 0.313 e. The Kier molecular flexibility index (Phi) is 5.05. The number of nitrogens with zero attached hydrogens (tertiary/aromatic N) is 1. The number of carbonyl (C=O) groups is 3. The van der Waals surface area contributed by atoms with Gasteiger partial charge in [0.05, 0.1) is 0 Å². The lowest BCUT2D eigenvalue weighted by Gasteiger charge is -2.17. The van der Waals surface area contributed by atoms with Gasteiger partial charge in [0.2, 0.25) is 5.91 Å². The first-order chi connectivity index (χ1) is 14.0. The first-order valence-electron chi connectivity index (χ1n) is 9.73. The van der Waals surface area contributed by atoms with Crippen LogP contribution >= 0.6 is 0 Å². The van der Waals surface area contributed by atoms with Crippen LogP contribution in [0.4, 0.5) is 15.8 Å². The lowest BCUT2D eigenvalue weighted by Crippen LogP contribution is -2.39. The number of amides is 3. The fourth-order valence-corrected chi connectivity index (χ4v) is 3.71. The predicted molar refractivity (Wildman–Crippen MR) is 107 cm³/mol. The van der Waals surface area contributed by atoms with Crippen molar-refractivity contribution in [2.75, 3.05) is 23.3 Å². The number of rotatable bonds is 5. The highest BCUT2D eigenvalue weighted by molar-refractivity contribution is 6.39. The second-order valence-corrected chi connectivity index (χ2v) is 7.62. The van der Waals surface area contributed by atoms with Crippen LogP contribution in [-0.4, -0.2) is 30.8 Å². The third kappa shape index (κ3) is 4.13. The molecule has 1 aliphatic heterocycles. The molecule has 2 N–H and O–H groups in total. The number of carbonyl (C=O) groups excluding carboxylic acids is 3. The van der Waals surface area contributed by atoms with Gasteiger partial charge in [-0.15, -0.1) is 0 Å². The second-order valence-electron chi connectivity index (χ2n) is 7.62. The number of anilines is 2. The van der Waals surface area contributed by atoms with Gasteiger partial charge < -0.3 is 15.5 Å². The molecule has 2 aromatic rings. The van der Waals surface area contributed by atoms with Crippen LogP contribution in [0.25, 0.3) is 0 Å². The minimum absolute atomic E-state index is 0.0572. The highest BCUT2D eigenvalue weighted by Gasteiger charge is 2.44. The van der Waals surface area contributed by atoms with Gasteiger partial charge in [0.25, 0.3) is 0 Å². The lowest BCUT2D eigenvalue weighted by molar-refractivity contribution is -0.136. The summed E-state index contributed by atoms with van der Waals surface area (Å²) < 4.78 is 13.1. The molecule has 2 aromatic carbocycles. The third-order valence-electron chi connectivity index (χ3n) is 5.59. The molecular formula is C22H22FN3O3. The van der Waals surface area contributed by atoms with E-state index in [0.717, 1.165) is 24.8 Å². The molecule has 2 fully saturated rings. The fourth-order valence-electron chi connectivity index (χ4n) is 3.71. The maximum absolute atomic E-state index is 13.1. The van der Waals surface area contributed by atoms with Crippen molar-refractivity contribution in [1.29, 1.82) is 0 Å². The molecule has 29 heavy (non-hydrogen) atoms. The Morgan fingerprint density at radius 3 is 2.48 bits per heavy atom. The summed E-state index contributed by atoms with van der Waals surface area (Å²) >= 11 is 0. The molecule has 1 saturated heterocycles. The van der Waals surface area contributed by atoms with Gasteiger partial charge in [-0.1, -0.05) is 18.2 Å². The summed E-state index contributed by atoms with van der Waals surface area (Å²) in [6.45, 7) is 0.982. The Balaban J connectivity index is 1.35. The van der Waals surface area contributed by atoms with E-state index in [1.807, 2.05) is 0 Å². The van der Waals surface area contributed by atoms with Crippen molar-refractivity contribution in [3.05, 3.63) is 59.9 Å². The molecule has 1 heterocycles. The van der Waals surface area contributed by atoms with Crippen molar-refractivity contribution in [2.45, 2.75) is 31.1 Å². The molecular weight excluding hydrogens is 373 g/mol. The highest BCUT2D eigenvalue weighted by atomic mass is 19.1. The van der Waals surface area contributed by atoms with Gasteiger partial charge in [0, 0.05) is 36.3 Å². The maximum atomic E-state index is 13.1. The zero-order valence-electron chi connectivity index (χ0n) is 15.9. The third-order valence-corrected chi connectivity index (χ3v) is 5.59. The van der Waals surface area contributed by atoms with Crippen LogP contribution in [0.5, 0.6) is 0 Å². The summed E-state index contributed by atoms with van der Waals surface area (Å²) in [6, 6.07) is 13.2. The molecule has 3 amide bonds. The van der Waals surface area contributed by atoms with Gasteiger partial charge in [0.15, 0.2) is 0 Å². The Morgan fingerprint density at radius 2 is 1.83 bits per heavy atom. The standard InChI is InChI=1S/C22H22FN3O3/c23-16-8-6-15(7-9-16)22(10-11-22)14-24-20(28)21(29)25-17-3-1-4-18(13-17)26-12-2-5-19(26)27/h1,3-4,6-9,13H,2,5,10-12,14H2,(H,24,28)(H,25,29). The molecule has 0 bridgehead atoms. The van der Waals surface area contributed by atoms with Crippen LogP contribution in [0.15, 0.2) is 48.5 Å². The zero-order chi connectivity index (χ0) is 20.4. The van der Waals surface area contributed by atoms with Crippen LogP contribution < -0.4 is 15.5 Å². The van der Waals surface area contributed by atoms with Crippen molar-refractivity contribution in [1.82, 2.24) is 5.32 Å². The number of benzene rings is 2. The monoisotopic (exact) mass is 395 g/mol. The van der Waals surface area contributed by atoms with E-state index >= 15 is 0 Å². The maximum Gasteiger partial charge on any atom is 0.313 e. The molecule has 0 spiro atoms. The average molecular weight is 395 g/mol. The van der Waals surface area contributed by atoms with E-state index in [-0.39, 0.29) is 17.1 Å². The average Bonchev–Trinajstić information content (AvgIpc) is 3.39. The highest BCUT2D eigenvalue weighted by Crippen LogP contribution is 2.47. The fraction of sp³-hybridized carbons (Fsp3) is 0.318. The second kappa shape index (κ2) is 7.66. The minimum Gasteiger partial charge on any atom is -0.347 e. The van der Waals surface area contributed by atoms with E-state index < -0.39 is 11.8 Å². The molecule has 0 atom stereocenters. The number of halogens is 1. The van der Waals surface area contributed by atoms with Gasteiger partial charge >= 0.3 is 11.8 Å². The minimum atomic E-state index is -0.759. The normalized spacial score (nSPS) is 17.1. The summed E-state index contributed by atoms with van der Waals surface area (Å²) in [5, 5.41) is 5.27. The molecule has 1 saturated carbocycles. The first kappa shape index (κ1) is 19.1. The quantitative estimate of drug-likeness (QED) is 0.764. The molecule has 2 aliphatic rings. The largest absolute Gasteiger partial charge is 0.347 e. The van der Waals surface area contributed by atoms with E-state index in [2.05, 4.69) is 10.6 Å². The van der Waals surface area contributed by atoms with Crippen LogP contribution in [0.1, 0.15) is 31.2 Å². The number of nitrogens with one attached hydrogen (secondary N) is 2. The molecule has 1 aliphatic carbocycles. The van der Waals surface area contributed by atoms with E-state index in [9.17, 15) is 18.8 Å². The van der Waals surface area contributed by atoms with Crippen molar-refractivity contribution < 1.29 is 18.8 Å². The number of hydrogen-bond donors (Lipinski definition) is 2. The molecule has 7 heteroatoms. The Bertz CT molecular complexity index is 954. The Hall–Kier alpha value is -3.22. The first-order valence-corrected chi connectivity index (χ1v) is 9.73. The van der Waals surface area contributed by atoms with Gasteiger partial charge in [-0.3, -0.25) is 14.4 Å². The summed E-state index contributed by atoms with van der Waals surface area (Å²) in [5.74, 6) is -1.72. The van der Waals surface area contributed by atoms with Crippen molar-refractivity contribution >= 4 is 29.1 Å². The van der Waals surface area contributed by atoms with E-state index in [1.54, 1.807) is 41.3 Å². The number of hydrogen-bond acceptors (Lipinski definition) is 3. The molecule has 0 aromatic heterocycles. The van der Waals surface area contributed by atoms with E-state index in [0.29, 0.717) is 30.9 Å². The molecule has 6 nitrogen and oxygen atoms in total. The van der Waals surface area contributed by atoms with Crippen molar-refractivity contribution in [2.24, 2.45) is 0 Å². The van der Waals surface area contributed by atoms with Gasteiger partial charge in [-0.25, -0.2) is 4.39 Å². The molecule has 0 unspecified atom stereocenters.